The maximum absolute atomic E-state index is 13.1. The molecule has 4 heteroatoms. The van der Waals surface area contributed by atoms with Gasteiger partial charge in [-0.05, 0) is 48.4 Å². The first-order valence-corrected chi connectivity index (χ1v) is 7.16. The lowest BCUT2D eigenvalue weighted by Gasteiger charge is -2.15. The van der Waals surface area contributed by atoms with Gasteiger partial charge in [-0.25, -0.2) is 4.39 Å². The summed E-state index contributed by atoms with van der Waals surface area (Å²) in [5, 5.41) is 0.157. The fourth-order valence-corrected chi connectivity index (χ4v) is 2.49. The van der Waals surface area contributed by atoms with Gasteiger partial charge in [-0.2, -0.15) is 0 Å². The van der Waals surface area contributed by atoms with Crippen molar-refractivity contribution in [2.24, 2.45) is 5.73 Å². The van der Waals surface area contributed by atoms with E-state index < -0.39 is 5.82 Å². The van der Waals surface area contributed by atoms with Gasteiger partial charge in [0.1, 0.15) is 5.82 Å². The summed E-state index contributed by atoms with van der Waals surface area (Å²) in [6, 6.07) is 12.9. The molecule has 2 N–H and O–H groups in total. The number of benzene rings is 2. The highest BCUT2D eigenvalue weighted by atomic mass is 79.9. The van der Waals surface area contributed by atoms with Crippen LogP contribution in [0.4, 0.5) is 4.39 Å². The third-order valence-corrected chi connectivity index (χ3v) is 3.91. The number of hydrogen-bond acceptors (Lipinski definition) is 1. The molecule has 0 saturated carbocycles. The van der Waals surface area contributed by atoms with Crippen LogP contribution in [0.5, 0.6) is 0 Å². The Morgan fingerprint density at radius 1 is 1.16 bits per heavy atom. The molecule has 0 fully saturated rings. The van der Waals surface area contributed by atoms with Crippen molar-refractivity contribution in [1.29, 1.82) is 0 Å². The molecule has 0 amide bonds. The Bertz CT molecular complexity index is 557. The van der Waals surface area contributed by atoms with Gasteiger partial charge >= 0.3 is 0 Å². The van der Waals surface area contributed by atoms with Gasteiger partial charge in [-0.15, -0.1) is 0 Å². The van der Waals surface area contributed by atoms with E-state index in [9.17, 15) is 4.39 Å². The predicted octanol–water partition coefficient (Wildman–Crippen LogP) is 4.53. The van der Waals surface area contributed by atoms with Gasteiger partial charge in [0.05, 0.1) is 5.02 Å². The van der Waals surface area contributed by atoms with Crippen molar-refractivity contribution in [3.63, 3.8) is 0 Å². The highest BCUT2D eigenvalue weighted by molar-refractivity contribution is 9.10. The molecule has 1 atom stereocenters. The first-order valence-electron chi connectivity index (χ1n) is 5.99. The fourth-order valence-electron chi connectivity index (χ4n) is 2.02. The summed E-state index contributed by atoms with van der Waals surface area (Å²) in [7, 11) is 0. The monoisotopic (exact) mass is 341 g/mol. The number of rotatable bonds is 4. The van der Waals surface area contributed by atoms with Gasteiger partial charge in [0.2, 0.25) is 0 Å². The lowest BCUT2D eigenvalue weighted by Crippen LogP contribution is -2.15. The van der Waals surface area contributed by atoms with Gasteiger partial charge in [-0.1, -0.05) is 45.7 Å². The molecular formula is C15H14BrClFN. The summed E-state index contributed by atoms with van der Waals surface area (Å²) >= 11 is 9.21. The second-order valence-electron chi connectivity index (χ2n) is 4.44. The minimum absolute atomic E-state index is 0.157. The SMILES string of the molecule is NCC(Cc1ccc(F)c(Cl)c1)c1ccc(Br)cc1. The first kappa shape index (κ1) is 14.5. The zero-order valence-electron chi connectivity index (χ0n) is 10.2. The summed E-state index contributed by atoms with van der Waals surface area (Å²) in [5.74, 6) is -0.187. The number of nitrogens with two attached hydrogens (primary N) is 1. The van der Waals surface area contributed by atoms with Crippen LogP contribution in [0.2, 0.25) is 5.02 Å². The van der Waals surface area contributed by atoms with E-state index >= 15 is 0 Å². The van der Waals surface area contributed by atoms with Gasteiger partial charge in [-0.3, -0.25) is 0 Å². The van der Waals surface area contributed by atoms with Crippen molar-refractivity contribution in [2.75, 3.05) is 6.54 Å². The normalized spacial score (nSPS) is 12.4. The fraction of sp³-hybridized carbons (Fsp3) is 0.200. The average Bonchev–Trinajstić information content (AvgIpc) is 2.41. The molecule has 0 aliphatic heterocycles. The van der Waals surface area contributed by atoms with Crippen LogP contribution in [0.15, 0.2) is 46.9 Å². The summed E-state index contributed by atoms with van der Waals surface area (Å²) in [6.45, 7) is 0.538. The van der Waals surface area contributed by atoms with Crippen molar-refractivity contribution >= 4 is 27.5 Å². The molecule has 2 rings (SSSR count). The Morgan fingerprint density at radius 3 is 2.42 bits per heavy atom. The summed E-state index contributed by atoms with van der Waals surface area (Å²) in [5.41, 5.74) is 8.00. The number of halogens is 3. The minimum Gasteiger partial charge on any atom is -0.330 e. The van der Waals surface area contributed by atoms with E-state index in [4.69, 9.17) is 17.3 Å². The van der Waals surface area contributed by atoms with Gasteiger partial charge < -0.3 is 5.73 Å². The summed E-state index contributed by atoms with van der Waals surface area (Å²) < 4.78 is 14.2. The molecule has 0 bridgehead atoms. The van der Waals surface area contributed by atoms with Gasteiger partial charge in [0.15, 0.2) is 0 Å². The highest BCUT2D eigenvalue weighted by Gasteiger charge is 2.11. The van der Waals surface area contributed by atoms with Crippen LogP contribution >= 0.6 is 27.5 Å². The third-order valence-electron chi connectivity index (χ3n) is 3.09. The molecule has 0 aliphatic carbocycles. The highest BCUT2D eigenvalue weighted by Crippen LogP contribution is 2.24. The van der Waals surface area contributed by atoms with Crippen molar-refractivity contribution in [3.8, 4) is 0 Å². The van der Waals surface area contributed by atoms with Crippen molar-refractivity contribution in [3.05, 3.63) is 68.9 Å². The first-order chi connectivity index (χ1) is 9.10. The second-order valence-corrected chi connectivity index (χ2v) is 5.76. The molecule has 100 valence electrons. The van der Waals surface area contributed by atoms with E-state index in [0.29, 0.717) is 6.54 Å². The largest absolute Gasteiger partial charge is 0.330 e. The molecule has 1 unspecified atom stereocenters. The maximum atomic E-state index is 13.1. The van der Waals surface area contributed by atoms with E-state index in [1.54, 1.807) is 12.1 Å². The van der Waals surface area contributed by atoms with E-state index in [2.05, 4.69) is 15.9 Å². The lowest BCUT2D eigenvalue weighted by atomic mass is 9.92. The summed E-state index contributed by atoms with van der Waals surface area (Å²) in [6.07, 6.45) is 0.748. The Morgan fingerprint density at radius 2 is 1.84 bits per heavy atom. The third kappa shape index (κ3) is 3.78. The van der Waals surface area contributed by atoms with Crippen molar-refractivity contribution in [1.82, 2.24) is 0 Å². The molecule has 0 aromatic heterocycles. The van der Waals surface area contributed by atoms with Crippen molar-refractivity contribution < 1.29 is 4.39 Å². The predicted molar refractivity (Wildman–Crippen MR) is 81.1 cm³/mol. The van der Waals surface area contributed by atoms with Crippen LogP contribution in [0.1, 0.15) is 17.0 Å². The zero-order valence-corrected chi connectivity index (χ0v) is 12.6. The Kier molecular flexibility index (Phi) is 4.97. The number of hydrogen-bond donors (Lipinski definition) is 1. The van der Waals surface area contributed by atoms with Crippen LogP contribution < -0.4 is 5.73 Å². The molecule has 0 aliphatic rings. The van der Waals surface area contributed by atoms with E-state index in [0.717, 1.165) is 16.5 Å². The molecule has 2 aromatic rings. The molecule has 2 aromatic carbocycles. The van der Waals surface area contributed by atoms with Gasteiger partial charge in [0, 0.05) is 10.4 Å². The molecule has 0 saturated heterocycles. The molecule has 0 spiro atoms. The van der Waals surface area contributed by atoms with E-state index in [-0.39, 0.29) is 10.9 Å². The topological polar surface area (TPSA) is 26.0 Å². The van der Waals surface area contributed by atoms with Crippen LogP contribution in [0.25, 0.3) is 0 Å². The molecule has 1 nitrogen and oxygen atoms in total. The van der Waals surface area contributed by atoms with Crippen LogP contribution in [-0.4, -0.2) is 6.54 Å². The summed E-state index contributed by atoms with van der Waals surface area (Å²) in [4.78, 5) is 0. The second kappa shape index (κ2) is 6.51. The average molecular weight is 343 g/mol. The van der Waals surface area contributed by atoms with Crippen LogP contribution in [0, 0.1) is 5.82 Å². The van der Waals surface area contributed by atoms with Gasteiger partial charge in [0.25, 0.3) is 0 Å². The molecular weight excluding hydrogens is 329 g/mol. The Labute approximate surface area is 125 Å². The molecule has 0 radical (unpaired) electrons. The minimum atomic E-state index is -0.390. The van der Waals surface area contributed by atoms with E-state index in [1.807, 2.05) is 24.3 Å². The van der Waals surface area contributed by atoms with Crippen LogP contribution in [-0.2, 0) is 6.42 Å². The molecule has 0 heterocycles. The van der Waals surface area contributed by atoms with E-state index in [1.165, 1.54) is 11.6 Å². The van der Waals surface area contributed by atoms with Crippen LogP contribution in [0.3, 0.4) is 0 Å². The smallest absolute Gasteiger partial charge is 0.141 e. The maximum Gasteiger partial charge on any atom is 0.141 e. The Balaban J connectivity index is 2.18. The standard InChI is InChI=1S/C15H14BrClFN/c16-13-4-2-11(3-5-13)12(9-19)7-10-1-6-15(18)14(17)8-10/h1-6,8,12H,7,9,19H2. The van der Waals surface area contributed by atoms with Crippen molar-refractivity contribution in [2.45, 2.75) is 12.3 Å². The quantitative estimate of drug-likeness (QED) is 0.868. The lowest BCUT2D eigenvalue weighted by molar-refractivity contribution is 0.625. The molecule has 19 heavy (non-hydrogen) atoms. The zero-order chi connectivity index (χ0) is 13.8. The Hall–Kier alpha value is -0.900.